The Labute approximate surface area is 134 Å². The summed E-state index contributed by atoms with van der Waals surface area (Å²) in [6.07, 6.45) is 2.73. The first kappa shape index (κ1) is 15.8. The predicted octanol–water partition coefficient (Wildman–Crippen LogP) is 2.91. The van der Waals surface area contributed by atoms with Gasteiger partial charge in [-0.05, 0) is 23.8 Å². The van der Waals surface area contributed by atoms with Crippen LogP contribution in [0.5, 0.6) is 0 Å². The Balaban J connectivity index is 1.68. The number of carbonyl (C=O) groups is 1. The molecule has 0 spiro atoms. The minimum absolute atomic E-state index is 0.212. The van der Waals surface area contributed by atoms with Gasteiger partial charge in [0, 0.05) is 18.5 Å². The Morgan fingerprint density at radius 1 is 1.17 bits per heavy atom. The quantitative estimate of drug-likeness (QED) is 0.780. The maximum absolute atomic E-state index is 12.9. The smallest absolute Gasteiger partial charge is 0.304 e. The van der Waals surface area contributed by atoms with Crippen molar-refractivity contribution in [2.75, 3.05) is 5.32 Å². The Morgan fingerprint density at radius 2 is 1.92 bits per heavy atom. The summed E-state index contributed by atoms with van der Waals surface area (Å²) >= 11 is 0. The van der Waals surface area contributed by atoms with Crippen LogP contribution in [0.4, 0.5) is 19.0 Å². The molecule has 124 valence electrons. The van der Waals surface area contributed by atoms with Gasteiger partial charge >= 0.3 is 6.55 Å². The number of benzene rings is 1. The van der Waals surface area contributed by atoms with Gasteiger partial charge in [-0.1, -0.05) is 12.1 Å². The Morgan fingerprint density at radius 3 is 2.62 bits per heavy atom. The van der Waals surface area contributed by atoms with Crippen molar-refractivity contribution in [1.82, 2.24) is 19.6 Å². The second-order valence-corrected chi connectivity index (χ2v) is 4.92. The number of rotatable bonds is 5. The van der Waals surface area contributed by atoms with E-state index in [1.54, 1.807) is 18.3 Å². The van der Waals surface area contributed by atoms with Gasteiger partial charge in [-0.25, -0.2) is 4.39 Å². The largest absolute Gasteiger partial charge is 0.333 e. The molecular weight excluding hydrogens is 323 g/mol. The van der Waals surface area contributed by atoms with E-state index in [1.165, 1.54) is 28.9 Å². The summed E-state index contributed by atoms with van der Waals surface area (Å²) in [5.74, 6) is -0.855. The number of nitrogens with zero attached hydrogens (tertiary/aromatic N) is 4. The molecule has 2 heterocycles. The van der Waals surface area contributed by atoms with Crippen LogP contribution in [0.1, 0.15) is 22.6 Å². The van der Waals surface area contributed by atoms with E-state index in [-0.39, 0.29) is 17.3 Å². The lowest BCUT2D eigenvalue weighted by molar-refractivity contribution is 0.0520. The molecule has 0 aliphatic carbocycles. The van der Waals surface area contributed by atoms with E-state index in [9.17, 15) is 18.0 Å². The topological polar surface area (TPSA) is 64.7 Å². The average molecular weight is 335 g/mol. The number of nitrogens with one attached hydrogen (secondary N) is 1. The predicted molar refractivity (Wildman–Crippen MR) is 79.2 cm³/mol. The first-order chi connectivity index (χ1) is 11.5. The van der Waals surface area contributed by atoms with Gasteiger partial charge in [0.05, 0.1) is 6.54 Å². The van der Waals surface area contributed by atoms with Crippen LogP contribution < -0.4 is 5.32 Å². The Hall–Kier alpha value is -3.10. The lowest BCUT2D eigenvalue weighted by atomic mass is 10.2. The molecule has 9 heteroatoms. The van der Waals surface area contributed by atoms with Crippen molar-refractivity contribution in [3.63, 3.8) is 0 Å². The maximum atomic E-state index is 12.9. The lowest BCUT2D eigenvalue weighted by Crippen LogP contribution is -2.18. The van der Waals surface area contributed by atoms with Crippen molar-refractivity contribution < 1.29 is 18.0 Å². The molecule has 0 saturated carbocycles. The highest BCUT2D eigenvalue weighted by molar-refractivity contribution is 6.02. The fourth-order valence-corrected chi connectivity index (χ4v) is 2.12. The molecule has 0 saturated heterocycles. The van der Waals surface area contributed by atoms with E-state index in [0.29, 0.717) is 11.2 Å². The molecule has 3 aromatic rings. The molecular formula is C15H12F3N5O. The van der Waals surface area contributed by atoms with Crippen LogP contribution in [0.3, 0.4) is 0 Å². The SMILES string of the molecule is O=C(Nc1ccn(Cc2ccc(F)cc2)n1)c1ccnn1C(F)F. The molecule has 3 rings (SSSR count). The third kappa shape index (κ3) is 3.45. The minimum Gasteiger partial charge on any atom is -0.304 e. The van der Waals surface area contributed by atoms with E-state index < -0.39 is 12.5 Å². The van der Waals surface area contributed by atoms with Crippen LogP contribution in [0, 0.1) is 5.82 Å². The summed E-state index contributed by atoms with van der Waals surface area (Å²) in [4.78, 5) is 12.0. The van der Waals surface area contributed by atoms with Crippen LogP contribution in [0.25, 0.3) is 0 Å². The third-order valence-electron chi connectivity index (χ3n) is 3.23. The highest BCUT2D eigenvalue weighted by Gasteiger charge is 2.18. The second-order valence-electron chi connectivity index (χ2n) is 4.92. The first-order valence-corrected chi connectivity index (χ1v) is 6.94. The average Bonchev–Trinajstić information content (AvgIpc) is 3.19. The maximum Gasteiger partial charge on any atom is 0.333 e. The van der Waals surface area contributed by atoms with E-state index in [2.05, 4.69) is 15.5 Å². The van der Waals surface area contributed by atoms with Crippen molar-refractivity contribution in [1.29, 1.82) is 0 Å². The van der Waals surface area contributed by atoms with E-state index in [4.69, 9.17) is 0 Å². The highest BCUT2D eigenvalue weighted by Crippen LogP contribution is 2.14. The molecule has 1 N–H and O–H groups in total. The number of hydrogen-bond donors (Lipinski definition) is 1. The number of carbonyl (C=O) groups excluding carboxylic acids is 1. The van der Waals surface area contributed by atoms with Gasteiger partial charge in [0.15, 0.2) is 5.82 Å². The molecule has 24 heavy (non-hydrogen) atoms. The van der Waals surface area contributed by atoms with E-state index >= 15 is 0 Å². The van der Waals surface area contributed by atoms with Gasteiger partial charge in [0.1, 0.15) is 11.5 Å². The normalized spacial score (nSPS) is 11.0. The Kier molecular flexibility index (Phi) is 4.32. The number of alkyl halides is 2. The van der Waals surface area contributed by atoms with Crippen LogP contribution in [-0.2, 0) is 6.54 Å². The molecule has 2 aromatic heterocycles. The third-order valence-corrected chi connectivity index (χ3v) is 3.23. The summed E-state index contributed by atoms with van der Waals surface area (Å²) in [5.41, 5.74) is 0.561. The zero-order chi connectivity index (χ0) is 17.1. The lowest BCUT2D eigenvalue weighted by Gasteiger charge is -2.05. The molecule has 1 aromatic carbocycles. The number of aromatic nitrogens is 4. The molecule has 0 unspecified atom stereocenters. The summed E-state index contributed by atoms with van der Waals surface area (Å²) in [6, 6.07) is 8.65. The van der Waals surface area contributed by atoms with Gasteiger partial charge in [-0.15, -0.1) is 0 Å². The molecule has 0 radical (unpaired) electrons. The number of amides is 1. The van der Waals surface area contributed by atoms with Crippen LogP contribution in [0.15, 0.2) is 48.8 Å². The van der Waals surface area contributed by atoms with Crippen molar-refractivity contribution in [3.8, 4) is 0 Å². The van der Waals surface area contributed by atoms with E-state index in [1.807, 2.05) is 0 Å². The van der Waals surface area contributed by atoms with Crippen LogP contribution >= 0.6 is 0 Å². The molecule has 0 fully saturated rings. The monoisotopic (exact) mass is 335 g/mol. The summed E-state index contributed by atoms with van der Waals surface area (Å²) in [6.45, 7) is -2.53. The summed E-state index contributed by atoms with van der Waals surface area (Å²) in [5, 5.41) is 9.95. The molecule has 0 atom stereocenters. The van der Waals surface area contributed by atoms with Crippen LogP contribution in [-0.4, -0.2) is 25.5 Å². The molecule has 0 bridgehead atoms. The van der Waals surface area contributed by atoms with Crippen molar-refractivity contribution in [3.05, 3.63) is 65.9 Å². The highest BCUT2D eigenvalue weighted by atomic mass is 19.3. The summed E-state index contributed by atoms with van der Waals surface area (Å²) < 4.78 is 40.1. The number of anilines is 1. The molecule has 0 aliphatic heterocycles. The van der Waals surface area contributed by atoms with Gasteiger partial charge in [-0.2, -0.15) is 23.7 Å². The fourth-order valence-electron chi connectivity index (χ4n) is 2.12. The van der Waals surface area contributed by atoms with Crippen molar-refractivity contribution in [2.45, 2.75) is 13.1 Å². The molecule has 6 nitrogen and oxygen atoms in total. The number of hydrogen-bond acceptors (Lipinski definition) is 3. The number of halogens is 3. The van der Waals surface area contributed by atoms with Gasteiger partial charge in [0.2, 0.25) is 0 Å². The first-order valence-electron chi connectivity index (χ1n) is 6.94. The Bertz CT molecular complexity index is 841. The van der Waals surface area contributed by atoms with Crippen LogP contribution in [0.2, 0.25) is 0 Å². The zero-order valence-electron chi connectivity index (χ0n) is 12.2. The standard InChI is InChI=1S/C15H12F3N5O/c16-11-3-1-10(2-4-11)9-22-8-6-13(21-22)20-14(24)12-5-7-19-23(12)15(17)18/h1-8,15H,9H2,(H,20,21,24). The van der Waals surface area contributed by atoms with Gasteiger partial charge < -0.3 is 5.32 Å². The fraction of sp³-hybridized carbons (Fsp3) is 0.133. The van der Waals surface area contributed by atoms with Gasteiger partial charge in [0.25, 0.3) is 5.91 Å². The summed E-state index contributed by atoms with van der Waals surface area (Å²) in [7, 11) is 0. The minimum atomic E-state index is -2.91. The van der Waals surface area contributed by atoms with Crippen molar-refractivity contribution in [2.24, 2.45) is 0 Å². The van der Waals surface area contributed by atoms with E-state index in [0.717, 1.165) is 11.8 Å². The van der Waals surface area contributed by atoms with Crippen molar-refractivity contribution >= 4 is 11.7 Å². The molecule has 1 amide bonds. The zero-order valence-corrected chi connectivity index (χ0v) is 12.2. The molecule has 0 aliphatic rings. The second kappa shape index (κ2) is 6.57. The van der Waals surface area contributed by atoms with Gasteiger partial charge in [-0.3, -0.25) is 9.48 Å².